The van der Waals surface area contributed by atoms with Gasteiger partial charge in [0.2, 0.25) is 0 Å². The molecule has 0 radical (unpaired) electrons. The van der Waals surface area contributed by atoms with Gasteiger partial charge in [0, 0.05) is 16.1 Å². The number of carboxylic acid groups (broad SMARTS) is 1. The predicted octanol–water partition coefficient (Wildman–Crippen LogP) is 4.45. The first-order valence-electron chi connectivity index (χ1n) is 7.33. The first-order valence-corrected chi connectivity index (χ1v) is 7.71. The molecule has 0 spiro atoms. The summed E-state index contributed by atoms with van der Waals surface area (Å²) >= 11 is 5.89. The molecule has 23 heavy (non-hydrogen) atoms. The van der Waals surface area contributed by atoms with Crippen LogP contribution in [0.25, 0.3) is 0 Å². The fourth-order valence-corrected chi connectivity index (χ4v) is 2.30. The summed E-state index contributed by atoms with van der Waals surface area (Å²) in [5.41, 5.74) is 0.381. The van der Waals surface area contributed by atoms with Gasteiger partial charge < -0.3 is 9.84 Å². The molecule has 0 amide bonds. The van der Waals surface area contributed by atoms with E-state index in [-0.39, 0.29) is 16.9 Å². The van der Waals surface area contributed by atoms with Gasteiger partial charge >= 0.3 is 5.97 Å². The van der Waals surface area contributed by atoms with E-state index in [0.717, 1.165) is 12.8 Å². The number of unbranched alkanes of at least 4 members (excludes halogenated alkanes) is 1. The van der Waals surface area contributed by atoms with E-state index in [2.05, 4.69) is 0 Å². The van der Waals surface area contributed by atoms with Crippen LogP contribution in [0.15, 0.2) is 42.5 Å². The zero-order valence-electron chi connectivity index (χ0n) is 12.7. The minimum absolute atomic E-state index is 0.0797. The number of carboxylic acids is 1. The Morgan fingerprint density at radius 3 is 2.57 bits per heavy atom. The maximum Gasteiger partial charge on any atom is 0.336 e. The third-order valence-corrected chi connectivity index (χ3v) is 3.55. The van der Waals surface area contributed by atoms with E-state index in [1.54, 1.807) is 24.3 Å². The Hall–Kier alpha value is -2.33. The van der Waals surface area contributed by atoms with Crippen LogP contribution in [0.2, 0.25) is 5.02 Å². The molecule has 0 atom stereocenters. The molecule has 0 fully saturated rings. The summed E-state index contributed by atoms with van der Waals surface area (Å²) in [6.45, 7) is 2.55. The van der Waals surface area contributed by atoms with Gasteiger partial charge in [-0.2, -0.15) is 0 Å². The highest BCUT2D eigenvalue weighted by atomic mass is 35.5. The van der Waals surface area contributed by atoms with Crippen LogP contribution in [-0.4, -0.2) is 23.5 Å². The van der Waals surface area contributed by atoms with Crippen molar-refractivity contribution in [3.63, 3.8) is 0 Å². The Bertz CT molecular complexity index is 725. The van der Waals surface area contributed by atoms with Crippen LogP contribution in [0.5, 0.6) is 5.75 Å². The van der Waals surface area contributed by atoms with Crippen LogP contribution in [0.1, 0.15) is 46.0 Å². The average Bonchev–Trinajstić information content (AvgIpc) is 2.54. The predicted molar refractivity (Wildman–Crippen MR) is 88.7 cm³/mol. The monoisotopic (exact) mass is 332 g/mol. The van der Waals surface area contributed by atoms with Gasteiger partial charge in [-0.15, -0.1) is 0 Å². The van der Waals surface area contributed by atoms with Gasteiger partial charge in [-0.05, 0) is 36.8 Å². The Morgan fingerprint density at radius 1 is 1.13 bits per heavy atom. The highest BCUT2D eigenvalue weighted by Crippen LogP contribution is 2.22. The number of hydrogen-bond donors (Lipinski definition) is 1. The summed E-state index contributed by atoms with van der Waals surface area (Å²) < 4.78 is 5.50. The number of carbonyl (C=O) groups is 2. The smallest absolute Gasteiger partial charge is 0.336 e. The van der Waals surface area contributed by atoms with Crippen LogP contribution >= 0.6 is 11.6 Å². The summed E-state index contributed by atoms with van der Waals surface area (Å²) in [6.07, 6.45) is 1.86. The summed E-state index contributed by atoms with van der Waals surface area (Å²) in [6, 6.07) is 10.9. The lowest BCUT2D eigenvalue weighted by atomic mass is 9.98. The Labute approximate surface area is 139 Å². The topological polar surface area (TPSA) is 63.6 Å². The molecule has 0 saturated heterocycles. The zero-order valence-corrected chi connectivity index (χ0v) is 13.5. The minimum atomic E-state index is -1.17. The Kier molecular flexibility index (Phi) is 5.77. The van der Waals surface area contributed by atoms with Crippen molar-refractivity contribution >= 4 is 23.4 Å². The van der Waals surface area contributed by atoms with Crippen LogP contribution in [0.3, 0.4) is 0 Å². The molecule has 0 heterocycles. The second-order valence-corrected chi connectivity index (χ2v) is 5.49. The lowest BCUT2D eigenvalue weighted by Gasteiger charge is -2.10. The highest BCUT2D eigenvalue weighted by molar-refractivity contribution is 6.31. The van der Waals surface area contributed by atoms with Crippen molar-refractivity contribution < 1.29 is 19.4 Å². The second kappa shape index (κ2) is 7.79. The number of aromatic carboxylic acids is 1. The molecule has 5 heteroatoms. The quantitative estimate of drug-likeness (QED) is 0.601. The molecular formula is C18H17ClO4. The van der Waals surface area contributed by atoms with Gasteiger partial charge in [0.05, 0.1) is 12.2 Å². The van der Waals surface area contributed by atoms with Gasteiger partial charge in [-0.3, -0.25) is 4.79 Å². The molecular weight excluding hydrogens is 316 g/mol. The summed E-state index contributed by atoms with van der Waals surface area (Å²) in [7, 11) is 0. The molecule has 0 aliphatic rings. The van der Waals surface area contributed by atoms with Crippen LogP contribution in [0.4, 0.5) is 0 Å². The standard InChI is InChI=1S/C18H17ClO4/c1-2-3-9-23-14-7-8-15(16(11-14)18(21)22)17(20)12-5-4-6-13(19)10-12/h4-8,10-11H,2-3,9H2,1H3,(H,21,22). The number of halogens is 1. The van der Waals surface area contributed by atoms with Crippen LogP contribution in [0, 0.1) is 0 Å². The first-order chi connectivity index (χ1) is 11.0. The van der Waals surface area contributed by atoms with Gasteiger partial charge in [0.1, 0.15) is 5.75 Å². The molecule has 2 aromatic carbocycles. The van der Waals surface area contributed by atoms with Crippen molar-refractivity contribution in [2.24, 2.45) is 0 Å². The number of benzene rings is 2. The highest BCUT2D eigenvalue weighted by Gasteiger charge is 2.19. The average molecular weight is 333 g/mol. The maximum atomic E-state index is 12.5. The molecule has 0 saturated carbocycles. The van der Waals surface area contributed by atoms with E-state index in [1.165, 1.54) is 18.2 Å². The molecule has 2 rings (SSSR count). The normalized spacial score (nSPS) is 10.3. The first kappa shape index (κ1) is 17.0. The number of carbonyl (C=O) groups excluding carboxylic acids is 1. The summed E-state index contributed by atoms with van der Waals surface area (Å²) in [4.78, 5) is 24.0. The van der Waals surface area contributed by atoms with Gasteiger partial charge in [-0.1, -0.05) is 37.1 Å². The maximum absolute atomic E-state index is 12.5. The largest absolute Gasteiger partial charge is 0.494 e. The van der Waals surface area contributed by atoms with E-state index in [9.17, 15) is 14.7 Å². The fraction of sp³-hybridized carbons (Fsp3) is 0.222. The Morgan fingerprint density at radius 2 is 1.91 bits per heavy atom. The molecule has 0 bridgehead atoms. The number of rotatable bonds is 7. The van der Waals surface area contributed by atoms with Crippen molar-refractivity contribution in [2.45, 2.75) is 19.8 Å². The number of hydrogen-bond acceptors (Lipinski definition) is 3. The number of ketones is 1. The molecule has 0 unspecified atom stereocenters. The van der Waals surface area contributed by atoms with E-state index in [0.29, 0.717) is 22.9 Å². The third-order valence-electron chi connectivity index (χ3n) is 3.32. The molecule has 0 aliphatic carbocycles. The van der Waals surface area contributed by atoms with Crippen LogP contribution < -0.4 is 4.74 Å². The zero-order chi connectivity index (χ0) is 16.8. The molecule has 2 aromatic rings. The SMILES string of the molecule is CCCCOc1ccc(C(=O)c2cccc(Cl)c2)c(C(=O)O)c1. The van der Waals surface area contributed by atoms with E-state index in [1.807, 2.05) is 6.92 Å². The lowest BCUT2D eigenvalue weighted by molar-refractivity contribution is 0.0692. The van der Waals surface area contributed by atoms with Gasteiger partial charge in [0.25, 0.3) is 0 Å². The van der Waals surface area contributed by atoms with Crippen molar-refractivity contribution in [3.8, 4) is 5.75 Å². The second-order valence-electron chi connectivity index (χ2n) is 5.05. The fourth-order valence-electron chi connectivity index (χ4n) is 2.11. The molecule has 0 aromatic heterocycles. The number of ether oxygens (including phenoxy) is 1. The summed E-state index contributed by atoms with van der Waals surface area (Å²) in [5.74, 6) is -1.11. The van der Waals surface area contributed by atoms with E-state index in [4.69, 9.17) is 16.3 Å². The molecule has 4 nitrogen and oxygen atoms in total. The van der Waals surface area contributed by atoms with Crippen molar-refractivity contribution in [1.29, 1.82) is 0 Å². The third kappa shape index (κ3) is 4.33. The Balaban J connectivity index is 2.34. The van der Waals surface area contributed by atoms with Crippen LogP contribution in [-0.2, 0) is 0 Å². The van der Waals surface area contributed by atoms with Gasteiger partial charge in [-0.25, -0.2) is 4.79 Å². The van der Waals surface area contributed by atoms with E-state index < -0.39 is 5.97 Å². The minimum Gasteiger partial charge on any atom is -0.494 e. The van der Waals surface area contributed by atoms with Crippen molar-refractivity contribution in [2.75, 3.05) is 6.61 Å². The van der Waals surface area contributed by atoms with E-state index >= 15 is 0 Å². The molecule has 120 valence electrons. The molecule has 0 aliphatic heterocycles. The van der Waals surface area contributed by atoms with Gasteiger partial charge in [0.15, 0.2) is 5.78 Å². The van der Waals surface area contributed by atoms with Crippen molar-refractivity contribution in [3.05, 3.63) is 64.2 Å². The summed E-state index contributed by atoms with van der Waals surface area (Å²) in [5, 5.41) is 9.80. The van der Waals surface area contributed by atoms with Crippen molar-refractivity contribution in [1.82, 2.24) is 0 Å². The molecule has 1 N–H and O–H groups in total. The lowest BCUT2D eigenvalue weighted by Crippen LogP contribution is -2.10.